The summed E-state index contributed by atoms with van der Waals surface area (Å²) in [5.74, 6) is -0.869. The molecule has 1 fully saturated rings. The van der Waals surface area contributed by atoms with Crippen molar-refractivity contribution in [3.63, 3.8) is 0 Å². The van der Waals surface area contributed by atoms with Crippen molar-refractivity contribution in [2.75, 3.05) is 5.32 Å². The van der Waals surface area contributed by atoms with Crippen LogP contribution in [0.2, 0.25) is 0 Å². The minimum absolute atomic E-state index is 0.00798. The van der Waals surface area contributed by atoms with Crippen LogP contribution < -0.4 is 5.32 Å². The van der Waals surface area contributed by atoms with Crippen molar-refractivity contribution in [1.29, 1.82) is 0 Å². The van der Waals surface area contributed by atoms with Crippen LogP contribution in [0.1, 0.15) is 43.0 Å². The molecular formula is C14H18FNO2. The molecule has 3 nitrogen and oxygen atoms in total. The quantitative estimate of drug-likeness (QED) is 0.864. The third-order valence-corrected chi connectivity index (χ3v) is 3.59. The zero-order valence-corrected chi connectivity index (χ0v) is 10.4. The van der Waals surface area contributed by atoms with E-state index in [9.17, 15) is 9.18 Å². The van der Waals surface area contributed by atoms with E-state index in [1.54, 1.807) is 0 Å². The molecule has 0 bridgehead atoms. The van der Waals surface area contributed by atoms with E-state index in [2.05, 4.69) is 12.2 Å². The van der Waals surface area contributed by atoms with E-state index in [0.717, 1.165) is 37.7 Å². The van der Waals surface area contributed by atoms with Crippen molar-refractivity contribution in [1.82, 2.24) is 0 Å². The third-order valence-electron chi connectivity index (χ3n) is 3.59. The van der Waals surface area contributed by atoms with Crippen molar-refractivity contribution in [3.05, 3.63) is 29.6 Å². The normalized spacial score (nSPS) is 23.7. The van der Waals surface area contributed by atoms with Crippen LogP contribution in [-0.4, -0.2) is 17.1 Å². The lowest BCUT2D eigenvalue weighted by Gasteiger charge is -2.28. The average Bonchev–Trinajstić information content (AvgIpc) is 2.34. The van der Waals surface area contributed by atoms with Crippen LogP contribution in [0.15, 0.2) is 18.2 Å². The second-order valence-corrected chi connectivity index (χ2v) is 5.10. The Morgan fingerprint density at radius 1 is 1.33 bits per heavy atom. The van der Waals surface area contributed by atoms with Gasteiger partial charge in [0.05, 0.1) is 5.56 Å². The molecule has 1 aromatic rings. The second kappa shape index (κ2) is 5.38. The van der Waals surface area contributed by atoms with Crippen molar-refractivity contribution in [2.24, 2.45) is 5.92 Å². The lowest BCUT2D eigenvalue weighted by atomic mass is 9.87. The number of carbonyl (C=O) groups is 1. The summed E-state index contributed by atoms with van der Waals surface area (Å²) in [6, 6.07) is 4.16. The van der Waals surface area contributed by atoms with E-state index in [-0.39, 0.29) is 5.56 Å². The van der Waals surface area contributed by atoms with Gasteiger partial charge < -0.3 is 10.4 Å². The van der Waals surface area contributed by atoms with Crippen LogP contribution in [-0.2, 0) is 0 Å². The van der Waals surface area contributed by atoms with Gasteiger partial charge in [-0.1, -0.05) is 6.92 Å². The Bertz CT molecular complexity index is 439. The fourth-order valence-corrected chi connectivity index (χ4v) is 2.44. The van der Waals surface area contributed by atoms with E-state index in [1.165, 1.54) is 12.1 Å². The summed E-state index contributed by atoms with van der Waals surface area (Å²) in [7, 11) is 0. The lowest BCUT2D eigenvalue weighted by molar-refractivity contribution is 0.0697. The molecule has 4 heteroatoms. The Morgan fingerprint density at radius 3 is 2.61 bits per heavy atom. The van der Waals surface area contributed by atoms with Crippen molar-refractivity contribution < 1.29 is 14.3 Å². The van der Waals surface area contributed by atoms with Crippen LogP contribution in [0.4, 0.5) is 10.1 Å². The first-order valence-corrected chi connectivity index (χ1v) is 6.35. The molecular weight excluding hydrogens is 233 g/mol. The number of hydrogen-bond acceptors (Lipinski definition) is 2. The Labute approximate surface area is 106 Å². The predicted octanol–water partition coefficient (Wildman–Crippen LogP) is 3.51. The summed E-state index contributed by atoms with van der Waals surface area (Å²) >= 11 is 0. The highest BCUT2D eigenvalue weighted by Crippen LogP contribution is 2.27. The monoisotopic (exact) mass is 251 g/mol. The average molecular weight is 251 g/mol. The summed E-state index contributed by atoms with van der Waals surface area (Å²) in [6.07, 6.45) is 4.39. The molecule has 0 radical (unpaired) electrons. The fraction of sp³-hybridized carbons (Fsp3) is 0.500. The van der Waals surface area contributed by atoms with Crippen LogP contribution in [0, 0.1) is 11.7 Å². The molecule has 0 unspecified atom stereocenters. The maximum Gasteiger partial charge on any atom is 0.337 e. The highest BCUT2D eigenvalue weighted by Gasteiger charge is 2.20. The standard InChI is InChI=1S/C14H18FNO2/c1-9-2-5-11(6-3-9)16-13-7-4-10(15)8-12(13)14(17)18/h4,7-9,11,16H,2-3,5-6H2,1H3,(H,17,18). The number of benzene rings is 1. The molecule has 98 valence electrons. The van der Waals surface area contributed by atoms with E-state index < -0.39 is 11.8 Å². The maximum absolute atomic E-state index is 13.0. The molecule has 0 aromatic heterocycles. The zero-order valence-electron chi connectivity index (χ0n) is 10.4. The topological polar surface area (TPSA) is 49.3 Å². The van der Waals surface area contributed by atoms with Gasteiger partial charge in [-0.05, 0) is 49.8 Å². The first kappa shape index (κ1) is 12.9. The molecule has 0 spiro atoms. The number of carboxylic acid groups (broad SMARTS) is 1. The SMILES string of the molecule is CC1CCC(Nc2ccc(F)cc2C(=O)O)CC1. The molecule has 1 aliphatic carbocycles. The minimum Gasteiger partial charge on any atom is -0.478 e. The molecule has 0 saturated heterocycles. The van der Waals surface area contributed by atoms with E-state index in [0.29, 0.717) is 11.7 Å². The number of rotatable bonds is 3. The Kier molecular flexibility index (Phi) is 3.84. The Morgan fingerprint density at radius 2 is 2.00 bits per heavy atom. The third kappa shape index (κ3) is 3.00. The van der Waals surface area contributed by atoms with E-state index in [4.69, 9.17) is 5.11 Å². The van der Waals surface area contributed by atoms with Crippen LogP contribution in [0.25, 0.3) is 0 Å². The van der Waals surface area contributed by atoms with Crippen LogP contribution >= 0.6 is 0 Å². The van der Waals surface area contributed by atoms with E-state index in [1.807, 2.05) is 0 Å². The smallest absolute Gasteiger partial charge is 0.337 e. The van der Waals surface area contributed by atoms with Gasteiger partial charge in [0, 0.05) is 11.7 Å². The first-order valence-electron chi connectivity index (χ1n) is 6.35. The number of nitrogens with one attached hydrogen (secondary N) is 1. The number of hydrogen-bond donors (Lipinski definition) is 2. The number of carboxylic acids is 1. The molecule has 0 aliphatic heterocycles. The van der Waals surface area contributed by atoms with Gasteiger partial charge in [0.1, 0.15) is 5.82 Å². The highest BCUT2D eigenvalue weighted by molar-refractivity contribution is 5.94. The minimum atomic E-state index is -1.10. The summed E-state index contributed by atoms with van der Waals surface area (Å²) in [4.78, 5) is 11.1. The van der Waals surface area contributed by atoms with Crippen molar-refractivity contribution in [2.45, 2.75) is 38.6 Å². The van der Waals surface area contributed by atoms with Gasteiger partial charge >= 0.3 is 5.97 Å². The largest absolute Gasteiger partial charge is 0.478 e. The van der Waals surface area contributed by atoms with Gasteiger partial charge in [0.2, 0.25) is 0 Å². The number of aromatic carboxylic acids is 1. The van der Waals surface area contributed by atoms with Gasteiger partial charge in [-0.25, -0.2) is 9.18 Å². The highest BCUT2D eigenvalue weighted by atomic mass is 19.1. The Hall–Kier alpha value is -1.58. The summed E-state index contributed by atoms with van der Waals surface area (Å²) in [5, 5.41) is 12.3. The molecule has 1 aliphatic rings. The number of halogens is 1. The van der Waals surface area contributed by atoms with Gasteiger partial charge in [0.15, 0.2) is 0 Å². The summed E-state index contributed by atoms with van der Waals surface area (Å²) in [6.45, 7) is 2.23. The first-order chi connectivity index (χ1) is 8.56. The zero-order chi connectivity index (χ0) is 13.1. The van der Waals surface area contributed by atoms with Crippen LogP contribution in [0.3, 0.4) is 0 Å². The molecule has 0 atom stereocenters. The van der Waals surface area contributed by atoms with Crippen molar-refractivity contribution >= 4 is 11.7 Å². The molecule has 0 amide bonds. The van der Waals surface area contributed by atoms with Gasteiger partial charge in [-0.2, -0.15) is 0 Å². The maximum atomic E-state index is 13.0. The van der Waals surface area contributed by atoms with E-state index >= 15 is 0 Å². The molecule has 2 N–H and O–H groups in total. The molecule has 2 rings (SSSR count). The second-order valence-electron chi connectivity index (χ2n) is 5.10. The molecule has 1 aromatic carbocycles. The molecule has 18 heavy (non-hydrogen) atoms. The van der Waals surface area contributed by atoms with Gasteiger partial charge in [-0.15, -0.1) is 0 Å². The van der Waals surface area contributed by atoms with Gasteiger partial charge in [0.25, 0.3) is 0 Å². The summed E-state index contributed by atoms with van der Waals surface area (Å²) in [5.41, 5.74) is 0.525. The predicted molar refractivity (Wildman–Crippen MR) is 68.4 cm³/mol. The molecule has 1 saturated carbocycles. The van der Waals surface area contributed by atoms with Crippen molar-refractivity contribution in [3.8, 4) is 0 Å². The number of anilines is 1. The lowest BCUT2D eigenvalue weighted by Crippen LogP contribution is -2.26. The fourth-order valence-electron chi connectivity index (χ4n) is 2.44. The summed E-state index contributed by atoms with van der Waals surface area (Å²) < 4.78 is 13.0. The van der Waals surface area contributed by atoms with Crippen LogP contribution in [0.5, 0.6) is 0 Å². The molecule has 0 heterocycles. The Balaban J connectivity index is 2.11. The van der Waals surface area contributed by atoms with Gasteiger partial charge in [-0.3, -0.25) is 0 Å².